The van der Waals surface area contributed by atoms with E-state index in [0.717, 1.165) is 22.0 Å². The van der Waals surface area contributed by atoms with Gasteiger partial charge in [-0.05, 0) is 36.2 Å². The van der Waals surface area contributed by atoms with Crippen LogP contribution < -0.4 is 4.74 Å². The fourth-order valence-corrected chi connectivity index (χ4v) is 3.04. The van der Waals surface area contributed by atoms with E-state index in [1.165, 1.54) is 0 Å². The van der Waals surface area contributed by atoms with Gasteiger partial charge in [-0.15, -0.1) is 0 Å². The molecule has 0 aliphatic carbocycles. The summed E-state index contributed by atoms with van der Waals surface area (Å²) in [5, 5.41) is 11.3. The average molecular weight is 346 g/mol. The minimum atomic E-state index is -1.01. The van der Waals surface area contributed by atoms with Crippen molar-refractivity contribution in [3.05, 3.63) is 54.1 Å². The van der Waals surface area contributed by atoms with Crippen molar-refractivity contribution < 1.29 is 14.6 Å². The molecule has 5 heteroatoms. The number of aromatic carboxylic acids is 1. The molecule has 0 bridgehead atoms. The highest BCUT2D eigenvalue weighted by Gasteiger charge is 2.14. The van der Waals surface area contributed by atoms with Crippen LogP contribution in [-0.4, -0.2) is 27.7 Å². The maximum Gasteiger partial charge on any atom is 0.337 e. The zero-order valence-corrected chi connectivity index (χ0v) is 14.6. The van der Waals surface area contributed by atoms with E-state index in [2.05, 4.69) is 23.8 Å². The fourth-order valence-electron chi connectivity index (χ4n) is 3.04. The second-order valence-corrected chi connectivity index (χ2v) is 6.69. The van der Waals surface area contributed by atoms with Gasteiger partial charge in [0.05, 0.1) is 28.7 Å². The van der Waals surface area contributed by atoms with E-state index < -0.39 is 5.97 Å². The van der Waals surface area contributed by atoms with Gasteiger partial charge in [-0.25, -0.2) is 14.8 Å². The van der Waals surface area contributed by atoms with Gasteiger partial charge >= 0.3 is 5.97 Å². The molecule has 0 aliphatic rings. The molecule has 1 heterocycles. The summed E-state index contributed by atoms with van der Waals surface area (Å²) in [4.78, 5) is 20.8. The number of fused-ring (bicyclic) bond motifs is 4. The van der Waals surface area contributed by atoms with Gasteiger partial charge in [0.15, 0.2) is 0 Å². The molecule has 26 heavy (non-hydrogen) atoms. The number of carboxylic acid groups (broad SMARTS) is 1. The number of ether oxygens (including phenoxy) is 1. The largest absolute Gasteiger partial charge is 0.493 e. The molecule has 0 unspecified atom stereocenters. The predicted octanol–water partition coefficient (Wildman–Crippen LogP) is 4.67. The zero-order chi connectivity index (χ0) is 18.3. The van der Waals surface area contributed by atoms with E-state index in [1.807, 2.05) is 30.3 Å². The van der Waals surface area contributed by atoms with Gasteiger partial charge < -0.3 is 9.84 Å². The average Bonchev–Trinajstić information content (AvgIpc) is 2.63. The van der Waals surface area contributed by atoms with E-state index in [0.29, 0.717) is 29.1 Å². The molecule has 0 radical (unpaired) electrons. The highest BCUT2D eigenvalue weighted by Crippen LogP contribution is 2.31. The Morgan fingerprint density at radius 2 is 1.73 bits per heavy atom. The molecule has 0 spiro atoms. The van der Waals surface area contributed by atoms with Gasteiger partial charge in [-0.1, -0.05) is 32.0 Å². The van der Waals surface area contributed by atoms with Crippen molar-refractivity contribution in [3.8, 4) is 5.75 Å². The molecular formula is C21H18N2O3. The maximum atomic E-state index is 11.5. The summed E-state index contributed by atoms with van der Waals surface area (Å²) in [6.45, 7) is 4.83. The lowest BCUT2D eigenvalue weighted by molar-refractivity contribution is 0.0699. The maximum absolute atomic E-state index is 11.5. The van der Waals surface area contributed by atoms with Crippen molar-refractivity contribution in [2.75, 3.05) is 6.61 Å². The Labute approximate surface area is 150 Å². The lowest BCUT2D eigenvalue weighted by Crippen LogP contribution is -2.04. The molecule has 1 N–H and O–H groups in total. The van der Waals surface area contributed by atoms with Crippen LogP contribution in [0.15, 0.2) is 48.5 Å². The van der Waals surface area contributed by atoms with Crippen LogP contribution in [0.2, 0.25) is 0 Å². The first-order valence-electron chi connectivity index (χ1n) is 8.53. The highest BCUT2D eigenvalue weighted by atomic mass is 16.5. The third-order valence-corrected chi connectivity index (χ3v) is 4.25. The number of hydrogen-bond donors (Lipinski definition) is 1. The van der Waals surface area contributed by atoms with Gasteiger partial charge in [0.2, 0.25) is 0 Å². The monoisotopic (exact) mass is 346 g/mol. The number of hydrogen-bond acceptors (Lipinski definition) is 4. The normalized spacial score (nSPS) is 11.5. The molecule has 1 aromatic heterocycles. The summed E-state index contributed by atoms with van der Waals surface area (Å²) in [5.74, 6) is 0.213. The van der Waals surface area contributed by atoms with Gasteiger partial charge in [-0.2, -0.15) is 0 Å². The molecule has 130 valence electrons. The molecule has 3 aromatic carbocycles. The molecule has 0 atom stereocenters. The molecule has 0 amide bonds. The third kappa shape index (κ3) is 2.71. The van der Waals surface area contributed by atoms with Crippen LogP contribution in [0.1, 0.15) is 24.2 Å². The number of aromatic nitrogens is 2. The first kappa shape index (κ1) is 16.3. The van der Waals surface area contributed by atoms with Crippen molar-refractivity contribution in [1.82, 2.24) is 9.97 Å². The third-order valence-electron chi connectivity index (χ3n) is 4.25. The van der Waals surface area contributed by atoms with Crippen molar-refractivity contribution in [2.45, 2.75) is 13.8 Å². The number of rotatable bonds is 4. The number of carbonyl (C=O) groups is 1. The molecule has 4 rings (SSSR count). The summed E-state index contributed by atoms with van der Waals surface area (Å²) in [6.07, 6.45) is 0. The van der Waals surface area contributed by atoms with Crippen LogP contribution in [0, 0.1) is 5.92 Å². The number of benzene rings is 3. The van der Waals surface area contributed by atoms with Crippen LogP contribution in [0.3, 0.4) is 0 Å². The Kier molecular flexibility index (Phi) is 3.92. The Morgan fingerprint density at radius 3 is 2.50 bits per heavy atom. The van der Waals surface area contributed by atoms with Crippen molar-refractivity contribution in [3.63, 3.8) is 0 Å². The Bertz CT molecular complexity index is 1150. The summed E-state index contributed by atoms with van der Waals surface area (Å²) in [6, 6.07) is 14.7. The number of para-hydroxylation sites is 1. The standard InChI is InChI=1S/C21H18N2O3/c1-12(2)11-26-18-8-4-5-14-13(18)9-10-17-19(14)23-20-15(21(24)25)6-3-7-16(20)22-17/h3-10,12H,11H2,1-2H3,(H,24,25). The summed E-state index contributed by atoms with van der Waals surface area (Å²) >= 11 is 0. The van der Waals surface area contributed by atoms with E-state index in [1.54, 1.807) is 18.2 Å². The molecule has 0 saturated carbocycles. The second kappa shape index (κ2) is 6.26. The zero-order valence-electron chi connectivity index (χ0n) is 14.6. The highest BCUT2D eigenvalue weighted by molar-refractivity contribution is 6.10. The van der Waals surface area contributed by atoms with Crippen LogP contribution >= 0.6 is 0 Å². The summed E-state index contributed by atoms with van der Waals surface area (Å²) in [7, 11) is 0. The van der Waals surface area contributed by atoms with Crippen LogP contribution in [0.25, 0.3) is 32.8 Å². The second-order valence-electron chi connectivity index (χ2n) is 6.69. The van der Waals surface area contributed by atoms with Crippen molar-refractivity contribution >= 4 is 38.8 Å². The Balaban J connectivity index is 2.00. The van der Waals surface area contributed by atoms with Crippen LogP contribution in [0.5, 0.6) is 5.75 Å². The quantitative estimate of drug-likeness (QED) is 0.429. The van der Waals surface area contributed by atoms with Crippen LogP contribution in [-0.2, 0) is 0 Å². The van der Waals surface area contributed by atoms with Gasteiger partial charge in [0, 0.05) is 10.8 Å². The molecule has 0 aliphatic heterocycles. The van der Waals surface area contributed by atoms with E-state index in [4.69, 9.17) is 4.74 Å². The molecular weight excluding hydrogens is 328 g/mol. The topological polar surface area (TPSA) is 72.3 Å². The lowest BCUT2D eigenvalue weighted by atomic mass is 10.1. The minimum Gasteiger partial charge on any atom is -0.493 e. The van der Waals surface area contributed by atoms with Crippen LogP contribution in [0.4, 0.5) is 0 Å². The number of carboxylic acids is 1. The molecule has 0 saturated heterocycles. The molecule has 0 fully saturated rings. The Morgan fingerprint density at radius 1 is 0.962 bits per heavy atom. The predicted molar refractivity (Wildman–Crippen MR) is 102 cm³/mol. The first-order valence-corrected chi connectivity index (χ1v) is 8.53. The van der Waals surface area contributed by atoms with Crippen molar-refractivity contribution in [2.24, 2.45) is 5.92 Å². The fraction of sp³-hybridized carbons (Fsp3) is 0.190. The van der Waals surface area contributed by atoms with E-state index in [9.17, 15) is 9.90 Å². The first-order chi connectivity index (χ1) is 12.5. The van der Waals surface area contributed by atoms with E-state index in [-0.39, 0.29) is 5.56 Å². The smallest absolute Gasteiger partial charge is 0.337 e. The van der Waals surface area contributed by atoms with Gasteiger partial charge in [0.25, 0.3) is 0 Å². The Hall–Kier alpha value is -3.21. The summed E-state index contributed by atoms with van der Waals surface area (Å²) < 4.78 is 5.94. The minimum absolute atomic E-state index is 0.154. The van der Waals surface area contributed by atoms with Gasteiger partial charge in [-0.3, -0.25) is 0 Å². The van der Waals surface area contributed by atoms with Gasteiger partial charge in [0.1, 0.15) is 11.3 Å². The molecule has 5 nitrogen and oxygen atoms in total. The van der Waals surface area contributed by atoms with Crippen molar-refractivity contribution in [1.29, 1.82) is 0 Å². The SMILES string of the molecule is CC(C)COc1cccc2c1ccc1nc3cccc(C(=O)O)c3nc12. The summed E-state index contributed by atoms with van der Waals surface area (Å²) in [5.41, 5.74) is 2.53. The molecule has 4 aromatic rings. The lowest BCUT2D eigenvalue weighted by Gasteiger charge is -2.12. The number of nitrogens with zero attached hydrogens (tertiary/aromatic N) is 2. The van der Waals surface area contributed by atoms with E-state index >= 15 is 0 Å².